The zero-order valence-electron chi connectivity index (χ0n) is 21.1. The summed E-state index contributed by atoms with van der Waals surface area (Å²) in [6.07, 6.45) is 9.43. The number of alkyl halides is 2. The van der Waals surface area contributed by atoms with Crippen LogP contribution in [-0.2, 0) is 14.3 Å². The molecular formula is C26H42ClFN4O4. The van der Waals surface area contributed by atoms with Gasteiger partial charge in [0.25, 0.3) is 0 Å². The van der Waals surface area contributed by atoms with Crippen LogP contribution in [-0.4, -0.2) is 70.4 Å². The number of hydrazine groups is 1. The molecule has 5 N–H and O–H groups in total. The summed E-state index contributed by atoms with van der Waals surface area (Å²) < 4.78 is 19.5. The van der Waals surface area contributed by atoms with E-state index in [-0.39, 0.29) is 37.0 Å². The number of fused-ring (bicyclic) bond motifs is 3. The fourth-order valence-electron chi connectivity index (χ4n) is 7.31. The number of carbonyl (C=O) groups excluding carboxylic acids is 2. The van der Waals surface area contributed by atoms with Crippen molar-refractivity contribution in [2.75, 3.05) is 6.61 Å². The summed E-state index contributed by atoms with van der Waals surface area (Å²) in [5, 5.41) is 16.9. The fourth-order valence-corrected chi connectivity index (χ4v) is 7.54. The quantitative estimate of drug-likeness (QED) is 0.324. The van der Waals surface area contributed by atoms with E-state index >= 15 is 0 Å². The second kappa shape index (κ2) is 11.0. The van der Waals surface area contributed by atoms with Gasteiger partial charge >= 0.3 is 0 Å². The minimum absolute atomic E-state index is 0.00215. The number of amides is 2. The normalized spacial score (nSPS) is 43.3. The number of halogens is 2. The second-order valence-electron chi connectivity index (χ2n) is 12.1. The molecule has 8 nitrogen and oxygen atoms in total. The van der Waals surface area contributed by atoms with Gasteiger partial charge in [0.1, 0.15) is 18.8 Å². The van der Waals surface area contributed by atoms with Crippen molar-refractivity contribution in [2.45, 2.75) is 137 Å². The molecule has 0 aromatic heterocycles. The highest BCUT2D eigenvalue weighted by Gasteiger charge is 2.55. The Morgan fingerprint density at radius 3 is 2.44 bits per heavy atom. The Hall–Kier alpha value is -1.00. The van der Waals surface area contributed by atoms with Crippen molar-refractivity contribution >= 4 is 23.4 Å². The Balaban J connectivity index is 1.08. The smallest absolute Gasteiger partial charge is 0.246 e. The molecule has 2 bridgehead atoms. The Morgan fingerprint density at radius 2 is 1.75 bits per heavy atom. The number of aliphatic hydroxyl groups excluding tert-OH is 1. The molecule has 5 saturated carbocycles. The van der Waals surface area contributed by atoms with Crippen molar-refractivity contribution in [3.63, 3.8) is 0 Å². The fraction of sp³-hybridized carbons (Fsp3) is 0.923. The van der Waals surface area contributed by atoms with E-state index in [1.807, 2.05) is 0 Å². The molecule has 6 atom stereocenters. The highest BCUT2D eigenvalue weighted by Crippen LogP contribution is 2.47. The summed E-state index contributed by atoms with van der Waals surface area (Å²) in [4.78, 5) is 25.8. The van der Waals surface area contributed by atoms with Gasteiger partial charge in [-0.1, -0.05) is 19.3 Å². The molecule has 6 aliphatic rings. The summed E-state index contributed by atoms with van der Waals surface area (Å²) in [7, 11) is 0. The predicted octanol–water partition coefficient (Wildman–Crippen LogP) is 2.37. The maximum absolute atomic E-state index is 13.8. The molecule has 204 valence electrons. The third kappa shape index (κ3) is 5.70. The summed E-state index contributed by atoms with van der Waals surface area (Å²) in [6, 6.07) is 0.0828. The van der Waals surface area contributed by atoms with E-state index in [2.05, 4.69) is 21.5 Å². The lowest BCUT2D eigenvalue weighted by Gasteiger charge is -2.56. The van der Waals surface area contributed by atoms with Crippen LogP contribution in [0.25, 0.3) is 0 Å². The first-order valence-electron chi connectivity index (χ1n) is 14.0. The van der Waals surface area contributed by atoms with Crippen molar-refractivity contribution in [2.24, 2.45) is 5.92 Å². The molecule has 2 amide bonds. The number of nitrogens with one attached hydrogen (secondary N) is 4. The van der Waals surface area contributed by atoms with Crippen LogP contribution in [0.4, 0.5) is 4.39 Å². The van der Waals surface area contributed by atoms with E-state index in [4.69, 9.17) is 16.3 Å². The van der Waals surface area contributed by atoms with Crippen LogP contribution < -0.4 is 21.5 Å². The van der Waals surface area contributed by atoms with Crippen LogP contribution in [0, 0.1) is 5.92 Å². The second-order valence-corrected chi connectivity index (χ2v) is 12.6. The lowest BCUT2D eigenvalue weighted by atomic mass is 9.59. The predicted molar refractivity (Wildman–Crippen MR) is 134 cm³/mol. The highest BCUT2D eigenvalue weighted by molar-refractivity contribution is 6.21. The number of aliphatic hydroxyl groups is 1. The maximum Gasteiger partial charge on any atom is 0.246 e. The van der Waals surface area contributed by atoms with Crippen LogP contribution in [0.2, 0.25) is 0 Å². The molecule has 0 aromatic rings. The van der Waals surface area contributed by atoms with Crippen LogP contribution in [0.1, 0.15) is 89.9 Å². The van der Waals surface area contributed by atoms with Crippen molar-refractivity contribution < 1.29 is 23.8 Å². The van der Waals surface area contributed by atoms with Crippen LogP contribution in [0.15, 0.2) is 0 Å². The van der Waals surface area contributed by atoms with E-state index < -0.39 is 28.7 Å². The first-order valence-corrected chi connectivity index (χ1v) is 14.4. The molecule has 5 aliphatic carbocycles. The Bertz CT molecular complexity index is 805. The summed E-state index contributed by atoms with van der Waals surface area (Å²) >= 11 is 5.93. The molecule has 1 aliphatic heterocycles. The van der Waals surface area contributed by atoms with E-state index in [9.17, 15) is 19.1 Å². The van der Waals surface area contributed by atoms with Crippen LogP contribution in [0.5, 0.6) is 0 Å². The Morgan fingerprint density at radius 1 is 1.00 bits per heavy atom. The van der Waals surface area contributed by atoms with E-state index in [0.717, 1.165) is 6.42 Å². The number of hydrogen-bond donors (Lipinski definition) is 5. The van der Waals surface area contributed by atoms with Gasteiger partial charge in [-0.2, -0.15) is 0 Å². The molecule has 6 rings (SSSR count). The zero-order chi connectivity index (χ0) is 25.3. The average molecular weight is 529 g/mol. The molecule has 0 spiro atoms. The third-order valence-corrected chi connectivity index (χ3v) is 10.2. The number of carbonyl (C=O) groups is 2. The highest BCUT2D eigenvalue weighted by atomic mass is 35.5. The first-order chi connectivity index (χ1) is 17.3. The SMILES string of the molecule is O=C(COC1CCC(Cl)C(F)C1)NC12CCC(NC(=O)C3CC(C4CCCCC4)NN3)(CC1)C[C@@H]2O. The van der Waals surface area contributed by atoms with E-state index in [1.165, 1.54) is 32.1 Å². The van der Waals surface area contributed by atoms with Gasteiger partial charge < -0.3 is 20.5 Å². The summed E-state index contributed by atoms with van der Waals surface area (Å²) in [5.74, 6) is 0.346. The van der Waals surface area contributed by atoms with Crippen molar-refractivity contribution in [3.05, 3.63) is 0 Å². The number of hydrogen-bond acceptors (Lipinski definition) is 6. The van der Waals surface area contributed by atoms with Gasteiger partial charge in [-0.25, -0.2) is 9.82 Å². The lowest BCUT2D eigenvalue weighted by Crippen LogP contribution is -2.71. The molecule has 5 unspecified atom stereocenters. The van der Waals surface area contributed by atoms with E-state index in [0.29, 0.717) is 56.9 Å². The van der Waals surface area contributed by atoms with Crippen molar-refractivity contribution in [3.8, 4) is 0 Å². The molecular weight excluding hydrogens is 487 g/mol. The lowest BCUT2D eigenvalue weighted by molar-refractivity contribution is -0.140. The van der Waals surface area contributed by atoms with Gasteiger partial charge in [0.05, 0.1) is 23.1 Å². The van der Waals surface area contributed by atoms with Gasteiger partial charge in [-0.05, 0) is 70.1 Å². The molecule has 6 fully saturated rings. The van der Waals surface area contributed by atoms with Crippen LogP contribution in [0.3, 0.4) is 0 Å². The number of rotatable bonds is 7. The average Bonchev–Trinajstić information content (AvgIpc) is 3.37. The molecule has 0 radical (unpaired) electrons. The van der Waals surface area contributed by atoms with Crippen molar-refractivity contribution in [1.82, 2.24) is 21.5 Å². The van der Waals surface area contributed by atoms with Crippen molar-refractivity contribution in [1.29, 1.82) is 0 Å². The van der Waals surface area contributed by atoms with Gasteiger partial charge in [-0.3, -0.25) is 15.0 Å². The third-order valence-electron chi connectivity index (χ3n) is 9.66. The van der Waals surface area contributed by atoms with Gasteiger partial charge in [-0.15, -0.1) is 11.6 Å². The van der Waals surface area contributed by atoms with E-state index in [1.54, 1.807) is 0 Å². The molecule has 36 heavy (non-hydrogen) atoms. The van der Waals surface area contributed by atoms with Gasteiger partial charge in [0, 0.05) is 18.0 Å². The Labute approximate surface area is 218 Å². The van der Waals surface area contributed by atoms with Gasteiger partial charge in [0.15, 0.2) is 0 Å². The Kier molecular flexibility index (Phi) is 8.13. The molecule has 10 heteroatoms. The maximum atomic E-state index is 13.8. The minimum atomic E-state index is -1.11. The minimum Gasteiger partial charge on any atom is -0.391 e. The number of ether oxygens (including phenoxy) is 1. The molecule has 1 saturated heterocycles. The first kappa shape index (κ1) is 26.6. The summed E-state index contributed by atoms with van der Waals surface area (Å²) in [5.41, 5.74) is 5.45. The zero-order valence-corrected chi connectivity index (χ0v) is 21.8. The topological polar surface area (TPSA) is 112 Å². The monoisotopic (exact) mass is 528 g/mol. The molecule has 0 aromatic carbocycles. The van der Waals surface area contributed by atoms with Crippen LogP contribution >= 0.6 is 11.6 Å². The summed E-state index contributed by atoms with van der Waals surface area (Å²) in [6.45, 7) is -0.150. The van der Waals surface area contributed by atoms with Gasteiger partial charge in [0.2, 0.25) is 11.8 Å². The largest absolute Gasteiger partial charge is 0.391 e. The standard InChI is InChI=1S/C26H42ClFN4O4/c27-18-7-6-17(12-19(18)28)36-15-23(34)29-26-10-8-25(9-11-26,14-22(26)33)30-24(35)21-13-20(31-32-21)16-4-2-1-3-5-16/h16-22,31-33H,1-15H2,(H,29,34)(H,30,35)/t17?,18?,19?,20?,21?,22-,25?,26?/m0/s1. The molecule has 1 heterocycles.